The molecule has 3 rings (SSSR count). The molecule has 0 aliphatic heterocycles. The van der Waals surface area contributed by atoms with Gasteiger partial charge < -0.3 is 9.30 Å². The minimum Gasteiger partial charge on any atom is -0.497 e. The summed E-state index contributed by atoms with van der Waals surface area (Å²) in [5.41, 5.74) is 2.15. The van der Waals surface area contributed by atoms with Gasteiger partial charge in [0.25, 0.3) is 0 Å². The third kappa shape index (κ3) is 2.29. The SMILES string of the molecule is COc1ccc2nc(CCl)n(C3CCCC3SC)c2c1. The molecule has 1 saturated carbocycles. The number of aromatic nitrogens is 2. The minimum atomic E-state index is 0.453. The lowest BCUT2D eigenvalue weighted by atomic mass is 10.2. The molecule has 108 valence electrons. The van der Waals surface area contributed by atoms with Gasteiger partial charge in [0.05, 0.1) is 24.0 Å². The largest absolute Gasteiger partial charge is 0.497 e. The molecule has 0 N–H and O–H groups in total. The van der Waals surface area contributed by atoms with Crippen molar-refractivity contribution in [1.82, 2.24) is 9.55 Å². The first-order valence-corrected chi connectivity index (χ1v) is 8.74. The maximum absolute atomic E-state index is 6.13. The number of ether oxygens (including phenoxy) is 1. The Bertz CT molecular complexity index is 613. The van der Waals surface area contributed by atoms with Crippen molar-refractivity contribution in [2.45, 2.75) is 36.4 Å². The number of rotatable bonds is 4. The first-order chi connectivity index (χ1) is 9.78. The quantitative estimate of drug-likeness (QED) is 0.790. The smallest absolute Gasteiger partial charge is 0.125 e. The summed E-state index contributed by atoms with van der Waals surface area (Å²) < 4.78 is 7.70. The second-order valence-corrected chi connectivity index (χ2v) is 6.50. The molecule has 0 amide bonds. The van der Waals surface area contributed by atoms with Gasteiger partial charge >= 0.3 is 0 Å². The molecular weight excluding hydrogens is 292 g/mol. The molecule has 0 spiro atoms. The maximum atomic E-state index is 6.13. The summed E-state index contributed by atoms with van der Waals surface area (Å²) in [5, 5.41) is 0.653. The Morgan fingerprint density at radius 1 is 1.45 bits per heavy atom. The minimum absolute atomic E-state index is 0.453. The van der Waals surface area contributed by atoms with Gasteiger partial charge in [0.15, 0.2) is 0 Å². The van der Waals surface area contributed by atoms with E-state index in [-0.39, 0.29) is 0 Å². The van der Waals surface area contributed by atoms with Gasteiger partial charge in [0.1, 0.15) is 11.6 Å². The van der Waals surface area contributed by atoms with Gasteiger partial charge in [-0.2, -0.15) is 11.8 Å². The second kappa shape index (κ2) is 5.86. The summed E-state index contributed by atoms with van der Waals surface area (Å²) in [6.45, 7) is 0. The number of hydrogen-bond donors (Lipinski definition) is 0. The Labute approximate surface area is 128 Å². The molecule has 0 radical (unpaired) electrons. The predicted octanol–water partition coefficient (Wildman–Crippen LogP) is 4.24. The van der Waals surface area contributed by atoms with Crippen LogP contribution in [0.25, 0.3) is 11.0 Å². The first kappa shape index (κ1) is 14.1. The average molecular weight is 311 g/mol. The van der Waals surface area contributed by atoms with Gasteiger partial charge in [-0.3, -0.25) is 0 Å². The van der Waals surface area contributed by atoms with E-state index in [1.807, 2.05) is 23.9 Å². The van der Waals surface area contributed by atoms with Gasteiger partial charge in [-0.15, -0.1) is 11.6 Å². The van der Waals surface area contributed by atoms with Crippen LogP contribution in [-0.2, 0) is 5.88 Å². The van der Waals surface area contributed by atoms with E-state index >= 15 is 0 Å². The molecule has 0 bridgehead atoms. The van der Waals surface area contributed by atoms with E-state index in [2.05, 4.69) is 21.9 Å². The topological polar surface area (TPSA) is 27.1 Å². The van der Waals surface area contributed by atoms with Gasteiger partial charge in [-0.05, 0) is 31.2 Å². The molecule has 1 aliphatic carbocycles. The molecule has 1 fully saturated rings. The van der Waals surface area contributed by atoms with Gasteiger partial charge in [0, 0.05) is 17.4 Å². The monoisotopic (exact) mass is 310 g/mol. The van der Waals surface area contributed by atoms with Crippen LogP contribution in [0.2, 0.25) is 0 Å². The second-order valence-electron chi connectivity index (χ2n) is 5.16. The molecule has 2 aromatic rings. The van der Waals surface area contributed by atoms with Crippen LogP contribution >= 0.6 is 23.4 Å². The van der Waals surface area contributed by atoms with Crippen LogP contribution in [0.1, 0.15) is 31.1 Å². The molecule has 3 nitrogen and oxygen atoms in total. The lowest BCUT2D eigenvalue weighted by Gasteiger charge is -2.22. The Morgan fingerprint density at radius 2 is 2.30 bits per heavy atom. The fraction of sp³-hybridized carbons (Fsp3) is 0.533. The maximum Gasteiger partial charge on any atom is 0.125 e. The van der Waals surface area contributed by atoms with Crippen LogP contribution in [0.15, 0.2) is 18.2 Å². The summed E-state index contributed by atoms with van der Waals surface area (Å²) in [6.07, 6.45) is 5.96. The van der Waals surface area contributed by atoms with Gasteiger partial charge in [0.2, 0.25) is 0 Å². The molecule has 5 heteroatoms. The molecule has 0 saturated heterocycles. The fourth-order valence-corrected chi connectivity index (χ4v) is 4.35. The van der Waals surface area contributed by atoms with Crippen LogP contribution < -0.4 is 4.74 Å². The summed E-state index contributed by atoms with van der Waals surface area (Å²) in [4.78, 5) is 4.69. The zero-order chi connectivity index (χ0) is 14.1. The van der Waals surface area contributed by atoms with Crippen molar-refractivity contribution in [3.63, 3.8) is 0 Å². The van der Waals surface area contributed by atoms with E-state index in [1.54, 1.807) is 7.11 Å². The highest BCUT2D eigenvalue weighted by molar-refractivity contribution is 7.99. The molecule has 2 unspecified atom stereocenters. The van der Waals surface area contributed by atoms with Gasteiger partial charge in [-0.25, -0.2) is 4.98 Å². The Morgan fingerprint density at radius 3 is 3.00 bits per heavy atom. The van der Waals surface area contributed by atoms with Crippen molar-refractivity contribution >= 4 is 34.4 Å². The predicted molar refractivity (Wildman–Crippen MR) is 86.0 cm³/mol. The summed E-state index contributed by atoms with van der Waals surface area (Å²) in [7, 11) is 1.70. The number of benzene rings is 1. The zero-order valence-corrected chi connectivity index (χ0v) is 13.4. The van der Waals surface area contributed by atoms with Crippen LogP contribution in [0.5, 0.6) is 5.75 Å². The van der Waals surface area contributed by atoms with Crippen LogP contribution in [0, 0.1) is 0 Å². The molecule has 2 atom stereocenters. The van der Waals surface area contributed by atoms with E-state index in [1.165, 1.54) is 19.3 Å². The Hall–Kier alpha value is -0.870. The third-order valence-electron chi connectivity index (χ3n) is 4.14. The van der Waals surface area contributed by atoms with E-state index in [4.69, 9.17) is 16.3 Å². The third-order valence-corrected chi connectivity index (χ3v) is 5.54. The van der Waals surface area contributed by atoms with Crippen molar-refractivity contribution in [1.29, 1.82) is 0 Å². The summed E-state index contributed by atoms with van der Waals surface area (Å²) in [5.74, 6) is 2.30. The summed E-state index contributed by atoms with van der Waals surface area (Å²) in [6, 6.07) is 6.55. The van der Waals surface area contributed by atoms with Crippen molar-refractivity contribution in [2.75, 3.05) is 13.4 Å². The molecule has 1 heterocycles. The number of halogens is 1. The van der Waals surface area contributed by atoms with Gasteiger partial charge in [-0.1, -0.05) is 6.42 Å². The average Bonchev–Trinajstić information content (AvgIpc) is 3.08. The molecule has 20 heavy (non-hydrogen) atoms. The number of fused-ring (bicyclic) bond motifs is 1. The number of methoxy groups -OCH3 is 1. The standard InChI is InChI=1S/C15H19ClN2OS/c1-19-10-6-7-11-13(8-10)18(15(9-16)17-11)12-4-3-5-14(12)20-2/h6-8,12,14H,3-5,9H2,1-2H3. The molecular formula is C15H19ClN2OS. The highest BCUT2D eigenvalue weighted by Crippen LogP contribution is 2.40. The molecule has 1 aliphatic rings. The van der Waals surface area contributed by atoms with E-state index < -0.39 is 0 Å². The van der Waals surface area contributed by atoms with E-state index in [9.17, 15) is 0 Å². The van der Waals surface area contributed by atoms with Crippen LogP contribution in [0.3, 0.4) is 0 Å². The fourth-order valence-electron chi connectivity index (χ4n) is 3.19. The number of thioether (sulfide) groups is 1. The number of alkyl halides is 1. The zero-order valence-electron chi connectivity index (χ0n) is 11.8. The molecule has 1 aromatic carbocycles. The van der Waals surface area contributed by atoms with Crippen molar-refractivity contribution in [3.8, 4) is 5.75 Å². The number of imidazole rings is 1. The highest BCUT2D eigenvalue weighted by Gasteiger charge is 2.30. The molecule has 1 aromatic heterocycles. The first-order valence-electron chi connectivity index (χ1n) is 6.92. The van der Waals surface area contributed by atoms with Crippen LogP contribution in [-0.4, -0.2) is 28.2 Å². The van der Waals surface area contributed by atoms with E-state index in [0.29, 0.717) is 17.2 Å². The number of hydrogen-bond acceptors (Lipinski definition) is 3. The van der Waals surface area contributed by atoms with Crippen molar-refractivity contribution in [3.05, 3.63) is 24.0 Å². The lowest BCUT2D eigenvalue weighted by molar-refractivity contribution is 0.415. The van der Waals surface area contributed by atoms with Crippen molar-refractivity contribution in [2.24, 2.45) is 0 Å². The highest BCUT2D eigenvalue weighted by atomic mass is 35.5. The Kier molecular flexibility index (Phi) is 4.13. The van der Waals surface area contributed by atoms with Crippen molar-refractivity contribution < 1.29 is 4.74 Å². The number of nitrogens with zero attached hydrogens (tertiary/aromatic N) is 2. The van der Waals surface area contributed by atoms with E-state index in [0.717, 1.165) is 22.6 Å². The summed E-state index contributed by atoms with van der Waals surface area (Å²) >= 11 is 8.08. The Balaban J connectivity index is 2.15. The van der Waals surface area contributed by atoms with Crippen LogP contribution in [0.4, 0.5) is 0 Å². The lowest BCUT2D eigenvalue weighted by Crippen LogP contribution is -2.17. The normalized spacial score (nSPS) is 22.6.